The van der Waals surface area contributed by atoms with E-state index in [1.54, 1.807) is 0 Å². The predicted octanol–water partition coefficient (Wildman–Crippen LogP) is 2.55. The Bertz CT molecular complexity index is 558. The van der Waals surface area contributed by atoms with E-state index in [4.69, 9.17) is 4.74 Å². The number of nitrogens with zero attached hydrogens (tertiary/aromatic N) is 1. The van der Waals surface area contributed by atoms with Crippen molar-refractivity contribution in [3.8, 4) is 0 Å². The zero-order valence-corrected chi connectivity index (χ0v) is 16.6. The van der Waals surface area contributed by atoms with Gasteiger partial charge in [0.15, 0.2) is 5.96 Å². The molecule has 0 aliphatic carbocycles. The zero-order chi connectivity index (χ0) is 19.2. The SMILES string of the molecule is CCNC(=O)c1cccc(CN=C(NCC)NCCCOCC(C)C)c1. The molecule has 0 atom stereocenters. The Morgan fingerprint density at radius 2 is 1.92 bits per heavy atom. The van der Waals surface area contributed by atoms with Gasteiger partial charge in [0.1, 0.15) is 0 Å². The fourth-order valence-electron chi connectivity index (χ4n) is 2.29. The molecule has 0 bridgehead atoms. The first-order valence-electron chi connectivity index (χ1n) is 9.53. The van der Waals surface area contributed by atoms with E-state index in [1.807, 2.05) is 38.1 Å². The van der Waals surface area contributed by atoms with E-state index in [2.05, 4.69) is 34.8 Å². The average Bonchev–Trinajstić information content (AvgIpc) is 2.62. The Morgan fingerprint density at radius 3 is 2.62 bits per heavy atom. The Morgan fingerprint density at radius 1 is 1.15 bits per heavy atom. The van der Waals surface area contributed by atoms with Crippen molar-refractivity contribution in [1.29, 1.82) is 0 Å². The summed E-state index contributed by atoms with van der Waals surface area (Å²) in [6.45, 7) is 12.5. The van der Waals surface area contributed by atoms with Gasteiger partial charge in [-0.3, -0.25) is 4.79 Å². The standard InChI is InChI=1S/C20H34N4O2/c1-5-21-19(25)18-10-7-9-17(13-18)14-24-20(22-6-2)23-11-8-12-26-15-16(3)4/h7,9-10,13,16H,5-6,8,11-12,14-15H2,1-4H3,(H,21,25)(H2,22,23,24). The van der Waals surface area contributed by atoms with Crippen LogP contribution >= 0.6 is 0 Å². The number of guanidine groups is 1. The van der Waals surface area contributed by atoms with Gasteiger partial charge in [0.25, 0.3) is 5.91 Å². The van der Waals surface area contributed by atoms with Crippen molar-refractivity contribution in [2.24, 2.45) is 10.9 Å². The number of aliphatic imine (C=N–C) groups is 1. The third-order valence-electron chi connectivity index (χ3n) is 3.50. The van der Waals surface area contributed by atoms with E-state index in [9.17, 15) is 4.79 Å². The second-order valence-electron chi connectivity index (χ2n) is 6.50. The number of carbonyl (C=O) groups excluding carboxylic acids is 1. The van der Waals surface area contributed by atoms with E-state index in [-0.39, 0.29) is 5.91 Å². The van der Waals surface area contributed by atoms with Gasteiger partial charge < -0.3 is 20.7 Å². The molecule has 0 saturated heterocycles. The lowest BCUT2D eigenvalue weighted by atomic mass is 10.1. The van der Waals surface area contributed by atoms with Crippen LogP contribution in [0.5, 0.6) is 0 Å². The van der Waals surface area contributed by atoms with E-state index < -0.39 is 0 Å². The molecule has 0 aromatic heterocycles. The van der Waals surface area contributed by atoms with Crippen LogP contribution in [0.15, 0.2) is 29.3 Å². The summed E-state index contributed by atoms with van der Waals surface area (Å²) in [7, 11) is 0. The molecule has 1 rings (SSSR count). The lowest BCUT2D eigenvalue weighted by Crippen LogP contribution is -2.38. The lowest BCUT2D eigenvalue weighted by molar-refractivity contribution is 0.0955. The molecule has 0 aliphatic rings. The summed E-state index contributed by atoms with van der Waals surface area (Å²) in [6.07, 6.45) is 0.934. The quantitative estimate of drug-likeness (QED) is 0.321. The monoisotopic (exact) mass is 362 g/mol. The van der Waals surface area contributed by atoms with E-state index >= 15 is 0 Å². The molecule has 146 valence electrons. The van der Waals surface area contributed by atoms with Gasteiger partial charge in [0.05, 0.1) is 6.54 Å². The molecular weight excluding hydrogens is 328 g/mol. The maximum absolute atomic E-state index is 11.9. The van der Waals surface area contributed by atoms with Crippen LogP contribution in [0.3, 0.4) is 0 Å². The number of rotatable bonds is 11. The van der Waals surface area contributed by atoms with E-state index in [1.165, 1.54) is 0 Å². The Labute approximate surface area is 157 Å². The summed E-state index contributed by atoms with van der Waals surface area (Å²) >= 11 is 0. The molecule has 1 aromatic rings. The zero-order valence-electron chi connectivity index (χ0n) is 16.6. The highest BCUT2D eigenvalue weighted by atomic mass is 16.5. The summed E-state index contributed by atoms with van der Waals surface area (Å²) in [4.78, 5) is 16.5. The first kappa shape index (κ1) is 22.0. The van der Waals surface area contributed by atoms with Gasteiger partial charge in [-0.05, 0) is 43.9 Å². The molecule has 0 spiro atoms. The van der Waals surface area contributed by atoms with Crippen LogP contribution < -0.4 is 16.0 Å². The van der Waals surface area contributed by atoms with Crippen LogP contribution in [0.25, 0.3) is 0 Å². The van der Waals surface area contributed by atoms with Crippen LogP contribution in [0.1, 0.15) is 50.0 Å². The van der Waals surface area contributed by atoms with Crippen molar-refractivity contribution in [1.82, 2.24) is 16.0 Å². The molecule has 1 aromatic carbocycles. The fourth-order valence-corrected chi connectivity index (χ4v) is 2.29. The van der Waals surface area contributed by atoms with Crippen molar-refractivity contribution in [2.75, 3.05) is 32.8 Å². The van der Waals surface area contributed by atoms with Gasteiger partial charge in [-0.15, -0.1) is 0 Å². The molecule has 6 heteroatoms. The molecule has 6 nitrogen and oxygen atoms in total. The minimum atomic E-state index is -0.0511. The van der Waals surface area contributed by atoms with Gasteiger partial charge in [-0.2, -0.15) is 0 Å². The fraction of sp³-hybridized carbons (Fsp3) is 0.600. The van der Waals surface area contributed by atoms with Gasteiger partial charge in [-0.1, -0.05) is 26.0 Å². The highest BCUT2D eigenvalue weighted by Gasteiger charge is 2.05. The van der Waals surface area contributed by atoms with E-state index in [0.29, 0.717) is 24.6 Å². The molecule has 1 amide bonds. The second kappa shape index (κ2) is 13.2. The Hall–Kier alpha value is -2.08. The first-order chi connectivity index (χ1) is 12.6. The van der Waals surface area contributed by atoms with Crippen molar-refractivity contribution < 1.29 is 9.53 Å². The van der Waals surface area contributed by atoms with Crippen LogP contribution in [0, 0.1) is 5.92 Å². The third kappa shape index (κ3) is 9.42. The number of hydrogen-bond donors (Lipinski definition) is 3. The van der Waals surface area contributed by atoms with Crippen molar-refractivity contribution in [3.63, 3.8) is 0 Å². The summed E-state index contributed by atoms with van der Waals surface area (Å²) in [5.41, 5.74) is 1.67. The number of benzene rings is 1. The first-order valence-corrected chi connectivity index (χ1v) is 9.53. The van der Waals surface area contributed by atoms with Crippen LogP contribution in [-0.4, -0.2) is 44.7 Å². The van der Waals surface area contributed by atoms with Crippen LogP contribution in [0.2, 0.25) is 0 Å². The summed E-state index contributed by atoms with van der Waals surface area (Å²) in [6, 6.07) is 7.58. The predicted molar refractivity (Wildman–Crippen MR) is 108 cm³/mol. The van der Waals surface area contributed by atoms with Crippen molar-refractivity contribution in [3.05, 3.63) is 35.4 Å². The normalized spacial score (nSPS) is 11.5. The highest BCUT2D eigenvalue weighted by molar-refractivity contribution is 5.94. The Balaban J connectivity index is 2.50. The van der Waals surface area contributed by atoms with Gasteiger partial charge in [-0.25, -0.2) is 4.99 Å². The molecule has 3 N–H and O–H groups in total. The maximum Gasteiger partial charge on any atom is 0.251 e. The highest BCUT2D eigenvalue weighted by Crippen LogP contribution is 2.06. The summed E-state index contributed by atoms with van der Waals surface area (Å²) < 4.78 is 5.58. The smallest absolute Gasteiger partial charge is 0.251 e. The van der Waals surface area contributed by atoms with Crippen LogP contribution in [0.4, 0.5) is 0 Å². The molecule has 0 unspecified atom stereocenters. The molecule has 26 heavy (non-hydrogen) atoms. The van der Waals surface area contributed by atoms with Gasteiger partial charge in [0.2, 0.25) is 0 Å². The Kier molecular flexibility index (Phi) is 11.1. The number of carbonyl (C=O) groups is 1. The van der Waals surface area contributed by atoms with E-state index in [0.717, 1.165) is 44.2 Å². The van der Waals surface area contributed by atoms with Gasteiger partial charge in [0, 0.05) is 38.4 Å². The molecular formula is C20H34N4O2. The number of hydrogen-bond acceptors (Lipinski definition) is 3. The molecule has 0 fully saturated rings. The van der Waals surface area contributed by atoms with Crippen molar-refractivity contribution in [2.45, 2.75) is 40.7 Å². The summed E-state index contributed by atoms with van der Waals surface area (Å²) in [5, 5.41) is 9.37. The third-order valence-corrected chi connectivity index (χ3v) is 3.50. The molecule has 0 heterocycles. The topological polar surface area (TPSA) is 74.8 Å². The molecule has 0 aliphatic heterocycles. The number of ether oxygens (including phenoxy) is 1. The summed E-state index contributed by atoms with van der Waals surface area (Å²) in [5.74, 6) is 1.29. The van der Waals surface area contributed by atoms with Crippen LogP contribution in [-0.2, 0) is 11.3 Å². The molecule has 0 saturated carbocycles. The number of amides is 1. The van der Waals surface area contributed by atoms with Crippen molar-refractivity contribution >= 4 is 11.9 Å². The molecule has 0 radical (unpaired) electrons. The van der Waals surface area contributed by atoms with Gasteiger partial charge >= 0.3 is 0 Å². The second-order valence-corrected chi connectivity index (χ2v) is 6.50. The maximum atomic E-state index is 11.9. The number of nitrogens with one attached hydrogen (secondary N) is 3. The average molecular weight is 363 g/mol. The minimum absolute atomic E-state index is 0.0511. The minimum Gasteiger partial charge on any atom is -0.381 e. The lowest BCUT2D eigenvalue weighted by Gasteiger charge is -2.12. The largest absolute Gasteiger partial charge is 0.381 e.